The summed E-state index contributed by atoms with van der Waals surface area (Å²) in [6, 6.07) is 1.98. The van der Waals surface area contributed by atoms with Gasteiger partial charge in [0.1, 0.15) is 0 Å². The second-order valence-electron chi connectivity index (χ2n) is 3.30. The Kier molecular flexibility index (Phi) is 3.83. The van der Waals surface area contributed by atoms with Crippen LogP contribution in [-0.4, -0.2) is 35.3 Å². The smallest absolute Gasteiger partial charge is 0.225 e. The van der Waals surface area contributed by atoms with Crippen molar-refractivity contribution in [3.05, 3.63) is 17.5 Å². The second kappa shape index (κ2) is 4.91. The van der Waals surface area contributed by atoms with Crippen LogP contribution < -0.4 is 4.90 Å². The highest BCUT2D eigenvalue weighted by Crippen LogP contribution is 2.08. The number of likely N-dealkylation sites (N-methyl/N-ethyl adjacent to an activating group) is 1. The van der Waals surface area contributed by atoms with Gasteiger partial charge in [-0.1, -0.05) is 6.92 Å². The van der Waals surface area contributed by atoms with E-state index in [9.17, 15) is 0 Å². The predicted octanol–water partition coefficient (Wildman–Crippen LogP) is 0.776. The van der Waals surface area contributed by atoms with Crippen LogP contribution in [-0.2, 0) is 6.42 Å². The third-order valence-corrected chi connectivity index (χ3v) is 2.03. The highest BCUT2D eigenvalue weighted by molar-refractivity contribution is 5.30. The maximum Gasteiger partial charge on any atom is 0.225 e. The second-order valence-corrected chi connectivity index (χ2v) is 3.30. The van der Waals surface area contributed by atoms with Gasteiger partial charge in [0.2, 0.25) is 5.95 Å². The number of aliphatic hydroxyl groups excluding tert-OH is 1. The van der Waals surface area contributed by atoms with E-state index in [1.54, 1.807) is 0 Å². The fourth-order valence-corrected chi connectivity index (χ4v) is 1.22. The third kappa shape index (κ3) is 2.67. The van der Waals surface area contributed by atoms with E-state index in [4.69, 9.17) is 5.11 Å². The maximum atomic E-state index is 8.80. The van der Waals surface area contributed by atoms with Gasteiger partial charge >= 0.3 is 0 Å². The van der Waals surface area contributed by atoms with Gasteiger partial charge in [-0.15, -0.1) is 0 Å². The molecule has 0 aliphatic rings. The molecule has 78 valence electrons. The average molecular weight is 195 g/mol. The molecule has 0 aliphatic heterocycles. The van der Waals surface area contributed by atoms with Gasteiger partial charge in [-0.3, -0.25) is 0 Å². The lowest BCUT2D eigenvalue weighted by Crippen LogP contribution is -2.24. The van der Waals surface area contributed by atoms with E-state index in [0.717, 1.165) is 17.8 Å². The minimum absolute atomic E-state index is 0.120. The van der Waals surface area contributed by atoms with E-state index in [2.05, 4.69) is 16.9 Å². The fourth-order valence-electron chi connectivity index (χ4n) is 1.22. The van der Waals surface area contributed by atoms with Crippen LogP contribution in [0.1, 0.15) is 18.3 Å². The summed E-state index contributed by atoms with van der Waals surface area (Å²) in [6.07, 6.45) is 0.906. The third-order valence-electron chi connectivity index (χ3n) is 2.03. The summed E-state index contributed by atoms with van der Waals surface area (Å²) in [5, 5.41) is 8.80. The molecule has 1 N–H and O–H groups in total. The van der Waals surface area contributed by atoms with Gasteiger partial charge in [0, 0.05) is 25.0 Å². The molecular weight excluding hydrogens is 178 g/mol. The van der Waals surface area contributed by atoms with Crippen LogP contribution >= 0.6 is 0 Å². The standard InChI is InChI=1S/C10H17N3O/c1-4-9-7-8(2)11-10(12-9)13(3)5-6-14/h7,14H,4-6H2,1-3H3. The summed E-state index contributed by atoms with van der Waals surface area (Å²) in [5.41, 5.74) is 2.01. The lowest BCUT2D eigenvalue weighted by molar-refractivity contribution is 0.303. The van der Waals surface area contributed by atoms with Crippen molar-refractivity contribution in [1.82, 2.24) is 9.97 Å². The molecule has 1 rings (SSSR count). The first kappa shape index (κ1) is 10.9. The van der Waals surface area contributed by atoms with Crippen LogP contribution in [0.4, 0.5) is 5.95 Å². The zero-order valence-electron chi connectivity index (χ0n) is 8.99. The number of rotatable bonds is 4. The summed E-state index contributed by atoms with van der Waals surface area (Å²) in [7, 11) is 1.88. The molecule has 4 heteroatoms. The fraction of sp³-hybridized carbons (Fsp3) is 0.600. The van der Waals surface area contributed by atoms with Crippen molar-refractivity contribution in [1.29, 1.82) is 0 Å². The Hall–Kier alpha value is -1.16. The molecule has 1 aromatic rings. The van der Waals surface area contributed by atoms with E-state index >= 15 is 0 Å². The molecule has 0 bridgehead atoms. The van der Waals surface area contributed by atoms with Crippen molar-refractivity contribution in [3.63, 3.8) is 0 Å². The van der Waals surface area contributed by atoms with Gasteiger partial charge in [-0.2, -0.15) is 0 Å². The summed E-state index contributed by atoms with van der Waals surface area (Å²) >= 11 is 0. The average Bonchev–Trinajstić information content (AvgIpc) is 2.17. The largest absolute Gasteiger partial charge is 0.395 e. The molecule has 0 aliphatic carbocycles. The topological polar surface area (TPSA) is 49.2 Å². The molecule has 0 spiro atoms. The van der Waals surface area contributed by atoms with E-state index < -0.39 is 0 Å². The molecule has 0 aromatic carbocycles. The van der Waals surface area contributed by atoms with E-state index in [1.165, 1.54) is 0 Å². The number of aromatic nitrogens is 2. The van der Waals surface area contributed by atoms with Gasteiger partial charge in [-0.05, 0) is 19.4 Å². The van der Waals surface area contributed by atoms with Crippen molar-refractivity contribution in [2.24, 2.45) is 0 Å². The Balaban J connectivity index is 2.90. The molecule has 0 radical (unpaired) electrons. The predicted molar refractivity (Wildman–Crippen MR) is 56.5 cm³/mol. The lowest BCUT2D eigenvalue weighted by Gasteiger charge is -2.16. The molecule has 0 atom stereocenters. The zero-order valence-corrected chi connectivity index (χ0v) is 8.99. The van der Waals surface area contributed by atoms with Crippen molar-refractivity contribution >= 4 is 5.95 Å². The highest BCUT2D eigenvalue weighted by atomic mass is 16.3. The maximum absolute atomic E-state index is 8.80. The van der Waals surface area contributed by atoms with Crippen LogP contribution in [0.5, 0.6) is 0 Å². The Morgan fingerprint density at radius 1 is 1.43 bits per heavy atom. The molecular formula is C10H17N3O. The molecule has 0 amide bonds. The van der Waals surface area contributed by atoms with Crippen LogP contribution in [0, 0.1) is 6.92 Å². The molecule has 0 saturated carbocycles. The molecule has 1 heterocycles. The van der Waals surface area contributed by atoms with Crippen LogP contribution in [0.3, 0.4) is 0 Å². The summed E-state index contributed by atoms with van der Waals surface area (Å²) in [4.78, 5) is 10.5. The Morgan fingerprint density at radius 2 is 2.14 bits per heavy atom. The number of nitrogens with zero attached hydrogens (tertiary/aromatic N) is 3. The molecule has 0 fully saturated rings. The zero-order chi connectivity index (χ0) is 10.6. The molecule has 0 saturated heterocycles. The van der Waals surface area contributed by atoms with Crippen LogP contribution in [0.2, 0.25) is 0 Å². The number of anilines is 1. The van der Waals surface area contributed by atoms with Crippen molar-refractivity contribution in [2.45, 2.75) is 20.3 Å². The quantitative estimate of drug-likeness (QED) is 0.771. The van der Waals surface area contributed by atoms with E-state index in [1.807, 2.05) is 24.9 Å². The minimum atomic E-state index is 0.120. The lowest BCUT2D eigenvalue weighted by atomic mass is 10.3. The number of hydrogen-bond acceptors (Lipinski definition) is 4. The van der Waals surface area contributed by atoms with Gasteiger partial charge in [0.05, 0.1) is 6.61 Å². The van der Waals surface area contributed by atoms with Gasteiger partial charge in [-0.25, -0.2) is 9.97 Å². The monoisotopic (exact) mass is 195 g/mol. The number of aryl methyl sites for hydroxylation is 2. The SMILES string of the molecule is CCc1cc(C)nc(N(C)CCO)n1. The first-order chi connectivity index (χ1) is 6.67. The minimum Gasteiger partial charge on any atom is -0.395 e. The van der Waals surface area contributed by atoms with Crippen molar-refractivity contribution < 1.29 is 5.11 Å². The molecule has 14 heavy (non-hydrogen) atoms. The van der Waals surface area contributed by atoms with Crippen molar-refractivity contribution in [3.8, 4) is 0 Å². The molecule has 1 aromatic heterocycles. The Morgan fingerprint density at radius 3 is 2.71 bits per heavy atom. The van der Waals surface area contributed by atoms with Crippen molar-refractivity contribution in [2.75, 3.05) is 25.1 Å². The number of aliphatic hydroxyl groups is 1. The normalized spacial score (nSPS) is 10.3. The Bertz CT molecular complexity index is 301. The van der Waals surface area contributed by atoms with Crippen LogP contribution in [0.25, 0.3) is 0 Å². The Labute approximate surface area is 84.6 Å². The summed E-state index contributed by atoms with van der Waals surface area (Å²) in [5.74, 6) is 0.691. The first-order valence-electron chi connectivity index (χ1n) is 4.84. The molecule has 4 nitrogen and oxygen atoms in total. The van der Waals surface area contributed by atoms with E-state index in [0.29, 0.717) is 12.5 Å². The van der Waals surface area contributed by atoms with Gasteiger partial charge in [0.25, 0.3) is 0 Å². The highest BCUT2D eigenvalue weighted by Gasteiger charge is 2.05. The number of hydrogen-bond donors (Lipinski definition) is 1. The first-order valence-corrected chi connectivity index (χ1v) is 4.84. The van der Waals surface area contributed by atoms with Gasteiger partial charge in [0.15, 0.2) is 0 Å². The van der Waals surface area contributed by atoms with Crippen LogP contribution in [0.15, 0.2) is 6.07 Å². The summed E-state index contributed by atoms with van der Waals surface area (Å²) < 4.78 is 0. The van der Waals surface area contributed by atoms with Gasteiger partial charge < -0.3 is 10.0 Å². The van der Waals surface area contributed by atoms with E-state index in [-0.39, 0.29) is 6.61 Å². The molecule has 0 unspecified atom stereocenters. The summed E-state index contributed by atoms with van der Waals surface area (Å²) in [6.45, 7) is 4.70.